The third kappa shape index (κ3) is 4.62. The molecule has 2 rings (SSSR count). The van der Waals surface area contributed by atoms with E-state index >= 15 is 0 Å². The number of nitrogens with two attached hydrogens (primary N) is 1. The van der Waals surface area contributed by atoms with Crippen molar-refractivity contribution in [3.63, 3.8) is 0 Å². The summed E-state index contributed by atoms with van der Waals surface area (Å²) in [5.74, 6) is -0.528. The molecule has 1 aromatic carbocycles. The molecule has 26 heavy (non-hydrogen) atoms. The van der Waals surface area contributed by atoms with Gasteiger partial charge in [-0.25, -0.2) is 4.79 Å². The van der Waals surface area contributed by atoms with E-state index in [4.69, 9.17) is 10.5 Å². The summed E-state index contributed by atoms with van der Waals surface area (Å²) in [5.41, 5.74) is 4.51. The van der Waals surface area contributed by atoms with Gasteiger partial charge in [0.2, 0.25) is 5.91 Å². The second-order valence-electron chi connectivity index (χ2n) is 7.34. The van der Waals surface area contributed by atoms with Gasteiger partial charge in [0.05, 0.1) is 4.92 Å². The summed E-state index contributed by atoms with van der Waals surface area (Å²) in [6, 6.07) is 5.77. The van der Waals surface area contributed by atoms with E-state index in [-0.39, 0.29) is 5.69 Å². The molecule has 0 aromatic heterocycles. The number of hydrogen-bond donors (Lipinski definition) is 2. The fourth-order valence-electron chi connectivity index (χ4n) is 2.77. The van der Waals surface area contributed by atoms with Crippen LogP contribution in [0, 0.1) is 10.1 Å². The number of carbonyl (C=O) groups excluding carboxylic acids is 2. The van der Waals surface area contributed by atoms with Crippen molar-refractivity contribution in [2.75, 3.05) is 18.4 Å². The average molecular weight is 364 g/mol. The van der Waals surface area contributed by atoms with Crippen LogP contribution in [0.2, 0.25) is 0 Å². The fraction of sp³-hybridized carbons (Fsp3) is 0.529. The average Bonchev–Trinajstić information content (AvgIpc) is 2.54. The molecule has 0 aliphatic carbocycles. The number of nitro groups is 1. The first kappa shape index (κ1) is 19.5. The third-order valence-electron chi connectivity index (χ3n) is 4.20. The van der Waals surface area contributed by atoms with Gasteiger partial charge in [-0.1, -0.05) is 0 Å². The molecule has 9 heteroatoms. The standard InChI is InChI=1S/C17H24N4O5/c1-16(2,3)26-15(23)20-10-8-17(9-11-20,14(18)22)19-12-4-6-13(7-5-12)21(24)25/h4-7,19H,8-11H2,1-3H3,(H2,18,22). The fourth-order valence-corrected chi connectivity index (χ4v) is 2.77. The molecule has 1 fully saturated rings. The molecule has 0 radical (unpaired) electrons. The number of benzene rings is 1. The number of carbonyl (C=O) groups is 2. The van der Waals surface area contributed by atoms with E-state index in [2.05, 4.69) is 5.32 Å². The van der Waals surface area contributed by atoms with Gasteiger partial charge in [0.15, 0.2) is 0 Å². The second kappa shape index (κ2) is 7.19. The van der Waals surface area contributed by atoms with Crippen LogP contribution in [0.5, 0.6) is 0 Å². The number of ether oxygens (including phenoxy) is 1. The molecule has 0 atom stereocenters. The first-order valence-corrected chi connectivity index (χ1v) is 8.33. The molecule has 1 aliphatic heterocycles. The molecule has 1 aliphatic rings. The molecule has 1 saturated heterocycles. The Hall–Kier alpha value is -2.84. The van der Waals surface area contributed by atoms with Crippen LogP contribution < -0.4 is 11.1 Å². The lowest BCUT2D eigenvalue weighted by atomic mass is 9.86. The second-order valence-corrected chi connectivity index (χ2v) is 7.34. The molecule has 3 N–H and O–H groups in total. The number of nitrogens with one attached hydrogen (secondary N) is 1. The van der Waals surface area contributed by atoms with Gasteiger partial charge in [-0.05, 0) is 45.7 Å². The highest BCUT2D eigenvalue weighted by Gasteiger charge is 2.41. The minimum Gasteiger partial charge on any atom is -0.444 e. The highest BCUT2D eigenvalue weighted by Crippen LogP contribution is 2.28. The minimum absolute atomic E-state index is 0.0385. The molecule has 0 unspecified atom stereocenters. The molecular formula is C17H24N4O5. The minimum atomic E-state index is -1.02. The number of non-ortho nitro benzene ring substituents is 1. The monoisotopic (exact) mass is 364 g/mol. The van der Waals surface area contributed by atoms with Crippen molar-refractivity contribution >= 4 is 23.4 Å². The third-order valence-corrected chi connectivity index (χ3v) is 4.20. The smallest absolute Gasteiger partial charge is 0.410 e. The number of hydrogen-bond acceptors (Lipinski definition) is 6. The zero-order valence-electron chi connectivity index (χ0n) is 15.2. The van der Waals surface area contributed by atoms with Crippen LogP contribution in [0.3, 0.4) is 0 Å². The molecule has 1 aromatic rings. The van der Waals surface area contributed by atoms with Gasteiger partial charge in [0, 0.05) is 30.9 Å². The first-order chi connectivity index (χ1) is 12.0. The van der Waals surface area contributed by atoms with Crippen molar-refractivity contribution < 1.29 is 19.2 Å². The van der Waals surface area contributed by atoms with Gasteiger partial charge >= 0.3 is 6.09 Å². The predicted octanol–water partition coefficient (Wildman–Crippen LogP) is 2.26. The van der Waals surface area contributed by atoms with Crippen LogP contribution in [-0.4, -0.2) is 46.1 Å². The number of nitro benzene ring substituents is 1. The molecule has 2 amide bonds. The number of rotatable bonds is 4. The molecule has 0 bridgehead atoms. The summed E-state index contributed by atoms with van der Waals surface area (Å²) < 4.78 is 5.35. The maximum atomic E-state index is 12.2. The Labute approximate surface area is 151 Å². The summed E-state index contributed by atoms with van der Waals surface area (Å²) in [6.45, 7) is 6.01. The summed E-state index contributed by atoms with van der Waals surface area (Å²) in [5, 5.41) is 13.8. The van der Waals surface area contributed by atoms with Gasteiger partial charge in [0.1, 0.15) is 11.1 Å². The largest absolute Gasteiger partial charge is 0.444 e. The zero-order valence-corrected chi connectivity index (χ0v) is 15.2. The van der Waals surface area contributed by atoms with Crippen molar-refractivity contribution in [1.82, 2.24) is 4.90 Å². The van der Waals surface area contributed by atoms with Gasteiger partial charge < -0.3 is 20.7 Å². The molecule has 0 spiro atoms. The Balaban J connectivity index is 2.07. The van der Waals surface area contributed by atoms with Crippen LogP contribution in [0.4, 0.5) is 16.2 Å². The maximum absolute atomic E-state index is 12.2. The van der Waals surface area contributed by atoms with E-state index in [9.17, 15) is 19.7 Å². The molecule has 9 nitrogen and oxygen atoms in total. The van der Waals surface area contributed by atoms with Gasteiger partial charge in [0.25, 0.3) is 5.69 Å². The highest BCUT2D eigenvalue weighted by atomic mass is 16.6. The Bertz CT molecular complexity index is 688. The van der Waals surface area contributed by atoms with Crippen molar-refractivity contribution in [2.24, 2.45) is 5.73 Å². The number of nitrogens with zero attached hydrogens (tertiary/aromatic N) is 2. The van der Waals surface area contributed by atoms with E-state index in [1.54, 1.807) is 25.7 Å². The van der Waals surface area contributed by atoms with Gasteiger partial charge in [-0.15, -0.1) is 0 Å². The highest BCUT2D eigenvalue weighted by molar-refractivity contribution is 5.88. The Kier molecular flexibility index (Phi) is 5.38. The van der Waals surface area contributed by atoms with Crippen molar-refractivity contribution in [2.45, 2.75) is 44.8 Å². The number of anilines is 1. The predicted molar refractivity (Wildman–Crippen MR) is 95.7 cm³/mol. The van der Waals surface area contributed by atoms with Crippen LogP contribution in [0.15, 0.2) is 24.3 Å². The topological polar surface area (TPSA) is 128 Å². The molecular weight excluding hydrogens is 340 g/mol. The molecule has 1 heterocycles. The van der Waals surface area contributed by atoms with Crippen LogP contribution in [-0.2, 0) is 9.53 Å². The number of likely N-dealkylation sites (tertiary alicyclic amines) is 1. The summed E-state index contributed by atoms with van der Waals surface area (Å²) in [6.07, 6.45) is 0.211. The Morgan fingerprint density at radius 1 is 1.23 bits per heavy atom. The summed E-state index contributed by atoms with van der Waals surface area (Å²) >= 11 is 0. The molecule has 0 saturated carbocycles. The maximum Gasteiger partial charge on any atom is 0.410 e. The van der Waals surface area contributed by atoms with Gasteiger partial charge in [-0.3, -0.25) is 14.9 Å². The lowest BCUT2D eigenvalue weighted by Crippen LogP contribution is -2.58. The van der Waals surface area contributed by atoms with E-state index in [1.165, 1.54) is 24.3 Å². The number of piperidine rings is 1. The lowest BCUT2D eigenvalue weighted by Gasteiger charge is -2.40. The number of primary amides is 1. The van der Waals surface area contributed by atoms with Crippen LogP contribution in [0.1, 0.15) is 33.6 Å². The Morgan fingerprint density at radius 2 is 1.77 bits per heavy atom. The summed E-state index contributed by atoms with van der Waals surface area (Å²) in [4.78, 5) is 36.0. The van der Waals surface area contributed by atoms with Crippen LogP contribution >= 0.6 is 0 Å². The van der Waals surface area contributed by atoms with E-state index in [0.717, 1.165) is 0 Å². The normalized spacial score (nSPS) is 16.7. The quantitative estimate of drug-likeness (QED) is 0.623. The van der Waals surface area contributed by atoms with E-state index < -0.39 is 28.1 Å². The van der Waals surface area contributed by atoms with Gasteiger partial charge in [-0.2, -0.15) is 0 Å². The van der Waals surface area contributed by atoms with E-state index in [0.29, 0.717) is 31.6 Å². The summed E-state index contributed by atoms with van der Waals surface area (Å²) in [7, 11) is 0. The number of amides is 2. The van der Waals surface area contributed by atoms with Crippen molar-refractivity contribution in [3.05, 3.63) is 34.4 Å². The SMILES string of the molecule is CC(C)(C)OC(=O)N1CCC(Nc2ccc([N+](=O)[O-])cc2)(C(N)=O)CC1. The Morgan fingerprint density at radius 3 is 2.19 bits per heavy atom. The van der Waals surface area contributed by atoms with Crippen molar-refractivity contribution in [3.8, 4) is 0 Å². The van der Waals surface area contributed by atoms with E-state index in [1.807, 2.05) is 0 Å². The van der Waals surface area contributed by atoms with Crippen LogP contribution in [0.25, 0.3) is 0 Å². The molecule has 142 valence electrons. The lowest BCUT2D eigenvalue weighted by molar-refractivity contribution is -0.384. The van der Waals surface area contributed by atoms with Crippen molar-refractivity contribution in [1.29, 1.82) is 0 Å². The zero-order chi connectivity index (χ0) is 19.5. The first-order valence-electron chi connectivity index (χ1n) is 8.33.